The minimum Gasteiger partial charge on any atom is -0.464 e. The zero-order valence-electron chi connectivity index (χ0n) is 11.2. The minimum absolute atomic E-state index is 0.0930. The summed E-state index contributed by atoms with van der Waals surface area (Å²) < 4.78 is 33.2. The molecule has 0 bridgehead atoms. The third-order valence-corrected chi connectivity index (χ3v) is 2.96. The maximum Gasteiger partial charge on any atom is 0.357 e. The number of nitrogens with zero attached hydrogens (tertiary/aromatic N) is 3. The van der Waals surface area contributed by atoms with Crippen LogP contribution in [-0.4, -0.2) is 17.6 Å². The number of anilines is 1. The smallest absolute Gasteiger partial charge is 0.357 e. The van der Waals surface area contributed by atoms with Crippen LogP contribution in [0.2, 0.25) is 0 Å². The lowest BCUT2D eigenvalue weighted by Gasteiger charge is -2.10. The first-order valence-electron chi connectivity index (χ1n) is 5.83. The normalized spacial score (nSPS) is 9.86. The Bertz CT molecular complexity index is 859. The number of nitrogen functional groups attached to an aromatic ring is 1. The van der Waals surface area contributed by atoms with Crippen LogP contribution in [0.1, 0.15) is 21.6 Å². The van der Waals surface area contributed by atoms with Crippen LogP contribution in [0.4, 0.5) is 14.5 Å². The third-order valence-electron chi connectivity index (χ3n) is 2.96. The lowest BCUT2D eigenvalue weighted by molar-refractivity contribution is 0.0593. The highest BCUT2D eigenvalue weighted by atomic mass is 19.1. The largest absolute Gasteiger partial charge is 0.464 e. The molecule has 0 aliphatic carbocycles. The van der Waals surface area contributed by atoms with Gasteiger partial charge in [0.15, 0.2) is 5.69 Å². The van der Waals surface area contributed by atoms with E-state index >= 15 is 0 Å². The number of hydrogen-bond acceptors (Lipinski definition) is 5. The third kappa shape index (κ3) is 2.23. The molecule has 0 aliphatic rings. The second-order valence-corrected chi connectivity index (χ2v) is 4.17. The molecule has 0 atom stereocenters. The molecule has 0 fully saturated rings. The number of halogens is 2. The van der Waals surface area contributed by atoms with Crippen molar-refractivity contribution in [3.8, 4) is 17.8 Å². The monoisotopic (exact) mass is 302 g/mol. The first kappa shape index (κ1) is 15.0. The highest BCUT2D eigenvalue weighted by Crippen LogP contribution is 2.27. The summed E-state index contributed by atoms with van der Waals surface area (Å²) in [6.45, 7) is 0. The van der Waals surface area contributed by atoms with Crippen LogP contribution in [0.5, 0.6) is 0 Å². The molecule has 22 heavy (non-hydrogen) atoms. The highest BCUT2D eigenvalue weighted by molar-refractivity contribution is 5.95. The fraction of sp³-hybridized carbons (Fsp3) is 0.0714. The lowest BCUT2D eigenvalue weighted by atomic mass is 10.2. The van der Waals surface area contributed by atoms with Crippen molar-refractivity contribution in [2.75, 3.05) is 12.8 Å². The Balaban J connectivity index is 2.79. The van der Waals surface area contributed by atoms with Gasteiger partial charge in [-0.25, -0.2) is 13.6 Å². The van der Waals surface area contributed by atoms with Crippen LogP contribution in [0, 0.1) is 34.3 Å². The molecule has 0 unspecified atom stereocenters. The van der Waals surface area contributed by atoms with Gasteiger partial charge in [0.1, 0.15) is 23.8 Å². The van der Waals surface area contributed by atoms with Crippen molar-refractivity contribution in [2.24, 2.45) is 0 Å². The number of benzene rings is 1. The van der Waals surface area contributed by atoms with Gasteiger partial charge >= 0.3 is 5.97 Å². The summed E-state index contributed by atoms with van der Waals surface area (Å²) in [5.41, 5.74) is 4.20. The van der Waals surface area contributed by atoms with Crippen LogP contribution in [0.3, 0.4) is 0 Å². The number of nitriles is 2. The van der Waals surface area contributed by atoms with Gasteiger partial charge in [0, 0.05) is 12.3 Å². The van der Waals surface area contributed by atoms with Crippen molar-refractivity contribution in [3.05, 3.63) is 46.8 Å². The van der Waals surface area contributed by atoms with E-state index in [0.717, 1.165) is 23.9 Å². The summed E-state index contributed by atoms with van der Waals surface area (Å²) in [6, 6.07) is 4.66. The van der Waals surface area contributed by atoms with Gasteiger partial charge in [-0.05, 0) is 6.07 Å². The van der Waals surface area contributed by atoms with Gasteiger partial charge in [-0.15, -0.1) is 0 Å². The molecule has 2 aromatic rings. The van der Waals surface area contributed by atoms with Crippen molar-refractivity contribution in [3.63, 3.8) is 0 Å². The SMILES string of the molecule is COC(=O)c1c(N)c(C#N)cn1-c1cc(F)c(C#N)cc1F. The average molecular weight is 302 g/mol. The zero-order chi connectivity index (χ0) is 16.4. The number of aromatic nitrogens is 1. The van der Waals surface area contributed by atoms with Gasteiger partial charge in [0.25, 0.3) is 0 Å². The Labute approximate surface area is 123 Å². The Hall–Kier alpha value is -3.39. The fourth-order valence-electron chi connectivity index (χ4n) is 1.91. The molecule has 8 heteroatoms. The molecule has 0 aliphatic heterocycles. The molecule has 2 N–H and O–H groups in total. The Morgan fingerprint density at radius 2 is 1.86 bits per heavy atom. The van der Waals surface area contributed by atoms with E-state index in [2.05, 4.69) is 4.74 Å². The number of carbonyl (C=O) groups excluding carboxylic acids is 1. The van der Waals surface area contributed by atoms with Crippen molar-refractivity contribution in [2.45, 2.75) is 0 Å². The summed E-state index contributed by atoms with van der Waals surface area (Å²) in [7, 11) is 1.08. The quantitative estimate of drug-likeness (QED) is 0.852. The average Bonchev–Trinajstić information content (AvgIpc) is 2.84. The molecule has 0 saturated heterocycles. The van der Waals surface area contributed by atoms with Crippen LogP contribution in [0.15, 0.2) is 18.3 Å². The number of nitrogens with two attached hydrogens (primary N) is 1. The molecule has 1 aromatic heterocycles. The standard InChI is InChI=1S/C14H8F2N4O2/c1-22-14(21)13-12(19)8(5-18)6-20(13)11-3-9(15)7(4-17)2-10(11)16/h2-3,6H,19H2,1H3. The maximum absolute atomic E-state index is 14.1. The minimum atomic E-state index is -0.972. The molecule has 1 aromatic carbocycles. The van der Waals surface area contributed by atoms with Gasteiger partial charge < -0.3 is 15.0 Å². The second kappa shape index (κ2) is 5.54. The molecule has 0 amide bonds. The number of carbonyl (C=O) groups is 1. The van der Waals surface area contributed by atoms with E-state index in [1.165, 1.54) is 6.07 Å². The van der Waals surface area contributed by atoms with Gasteiger partial charge in [0.2, 0.25) is 0 Å². The van der Waals surface area contributed by atoms with E-state index in [1.54, 1.807) is 6.07 Å². The number of hydrogen-bond donors (Lipinski definition) is 1. The van der Waals surface area contributed by atoms with Crippen LogP contribution >= 0.6 is 0 Å². The van der Waals surface area contributed by atoms with Crippen molar-refractivity contribution < 1.29 is 18.3 Å². The van der Waals surface area contributed by atoms with E-state index < -0.39 is 23.2 Å². The zero-order valence-corrected chi connectivity index (χ0v) is 11.2. The first-order chi connectivity index (χ1) is 10.4. The molecular formula is C14H8F2N4O2. The summed E-state index contributed by atoms with van der Waals surface area (Å²) in [5.74, 6) is -2.84. The van der Waals surface area contributed by atoms with E-state index in [9.17, 15) is 13.6 Å². The highest BCUT2D eigenvalue weighted by Gasteiger charge is 2.24. The predicted octanol–water partition coefficient (Wildman–Crippen LogP) is 1.87. The Morgan fingerprint density at radius 3 is 2.41 bits per heavy atom. The van der Waals surface area contributed by atoms with Crippen molar-refractivity contribution in [1.82, 2.24) is 4.57 Å². The Morgan fingerprint density at radius 1 is 1.23 bits per heavy atom. The van der Waals surface area contributed by atoms with Crippen LogP contribution in [-0.2, 0) is 4.74 Å². The maximum atomic E-state index is 14.1. The van der Waals surface area contributed by atoms with Crippen molar-refractivity contribution in [1.29, 1.82) is 10.5 Å². The Kier molecular flexibility index (Phi) is 3.78. The van der Waals surface area contributed by atoms with E-state index in [0.29, 0.717) is 6.07 Å². The van der Waals surface area contributed by atoms with E-state index in [4.69, 9.17) is 16.3 Å². The van der Waals surface area contributed by atoms with Crippen LogP contribution in [0.25, 0.3) is 5.69 Å². The summed E-state index contributed by atoms with van der Waals surface area (Å²) in [5, 5.41) is 17.6. The van der Waals surface area contributed by atoms with Gasteiger partial charge in [-0.3, -0.25) is 0 Å². The van der Waals surface area contributed by atoms with Crippen molar-refractivity contribution >= 4 is 11.7 Å². The first-order valence-corrected chi connectivity index (χ1v) is 5.83. The van der Waals surface area contributed by atoms with Gasteiger partial charge in [-0.2, -0.15) is 10.5 Å². The molecule has 0 radical (unpaired) electrons. The molecular weight excluding hydrogens is 294 g/mol. The second-order valence-electron chi connectivity index (χ2n) is 4.17. The summed E-state index contributed by atoms with van der Waals surface area (Å²) >= 11 is 0. The molecule has 1 heterocycles. The van der Waals surface area contributed by atoms with E-state index in [1.807, 2.05) is 0 Å². The molecule has 110 valence electrons. The predicted molar refractivity (Wildman–Crippen MR) is 70.9 cm³/mol. The number of esters is 1. The molecule has 6 nitrogen and oxygen atoms in total. The number of rotatable bonds is 2. The molecule has 0 spiro atoms. The number of methoxy groups -OCH3 is 1. The summed E-state index contributed by atoms with van der Waals surface area (Å²) in [4.78, 5) is 11.8. The molecule has 0 saturated carbocycles. The topological polar surface area (TPSA) is 105 Å². The lowest BCUT2D eigenvalue weighted by Crippen LogP contribution is -2.12. The fourth-order valence-corrected chi connectivity index (χ4v) is 1.91. The van der Waals surface area contributed by atoms with Crippen LogP contribution < -0.4 is 5.73 Å². The van der Waals surface area contributed by atoms with Gasteiger partial charge in [0.05, 0.1) is 29.6 Å². The summed E-state index contributed by atoms with van der Waals surface area (Å²) in [6.07, 6.45) is 1.09. The van der Waals surface area contributed by atoms with E-state index in [-0.39, 0.29) is 22.6 Å². The van der Waals surface area contributed by atoms with Gasteiger partial charge in [-0.1, -0.05) is 0 Å². The molecule has 2 rings (SSSR count). The number of ether oxygens (including phenoxy) is 1.